The third-order valence-electron chi connectivity index (χ3n) is 4.25. The van der Waals surface area contributed by atoms with Crippen molar-refractivity contribution in [1.29, 1.82) is 0 Å². The average molecular weight is 365 g/mol. The molecule has 4 rings (SSSR count). The first-order chi connectivity index (χ1) is 13.2. The number of nitrogens with one attached hydrogen (secondary N) is 4. The summed E-state index contributed by atoms with van der Waals surface area (Å²) in [5.41, 5.74) is 2.62. The largest absolute Gasteiger partial charge is 0.467 e. The van der Waals surface area contributed by atoms with Crippen molar-refractivity contribution >= 4 is 23.3 Å². The minimum atomic E-state index is -0.340. The third kappa shape index (κ3) is 4.35. The van der Waals surface area contributed by atoms with Crippen LogP contribution in [0.4, 0.5) is 16.2 Å². The van der Waals surface area contributed by atoms with Crippen LogP contribution in [-0.4, -0.2) is 22.1 Å². The number of nitrogens with zero attached hydrogens (tertiary/aromatic N) is 1. The molecule has 138 valence electrons. The van der Waals surface area contributed by atoms with Crippen LogP contribution in [0.3, 0.4) is 0 Å². The fourth-order valence-corrected chi connectivity index (χ4v) is 2.64. The van der Waals surface area contributed by atoms with Gasteiger partial charge in [-0.05, 0) is 55.3 Å². The summed E-state index contributed by atoms with van der Waals surface area (Å²) >= 11 is 0. The zero-order chi connectivity index (χ0) is 18.6. The summed E-state index contributed by atoms with van der Waals surface area (Å²) in [5.74, 6) is 0.921. The Labute approximate surface area is 155 Å². The molecule has 8 nitrogen and oxygen atoms in total. The van der Waals surface area contributed by atoms with Crippen molar-refractivity contribution in [2.75, 3.05) is 10.6 Å². The van der Waals surface area contributed by atoms with Crippen LogP contribution >= 0.6 is 0 Å². The molecule has 2 aromatic heterocycles. The highest BCUT2D eigenvalue weighted by Crippen LogP contribution is 2.39. The number of carbonyl (C=O) groups is 2. The van der Waals surface area contributed by atoms with Gasteiger partial charge in [0.15, 0.2) is 5.69 Å². The molecular weight excluding hydrogens is 346 g/mol. The molecule has 0 atom stereocenters. The average Bonchev–Trinajstić information content (AvgIpc) is 3.18. The van der Waals surface area contributed by atoms with Crippen molar-refractivity contribution in [3.63, 3.8) is 0 Å². The van der Waals surface area contributed by atoms with Crippen molar-refractivity contribution in [3.05, 3.63) is 65.9 Å². The first kappa shape index (κ1) is 16.9. The Hall–Kier alpha value is -3.55. The second kappa shape index (κ2) is 7.36. The Morgan fingerprint density at radius 3 is 2.52 bits per heavy atom. The number of hydrogen-bond donors (Lipinski definition) is 4. The van der Waals surface area contributed by atoms with Gasteiger partial charge in [-0.1, -0.05) is 0 Å². The van der Waals surface area contributed by atoms with Gasteiger partial charge in [0.1, 0.15) is 5.76 Å². The van der Waals surface area contributed by atoms with Gasteiger partial charge in [0.05, 0.1) is 12.8 Å². The molecule has 1 aliphatic carbocycles. The highest BCUT2D eigenvalue weighted by molar-refractivity contribution is 6.03. The van der Waals surface area contributed by atoms with Crippen LogP contribution in [0.25, 0.3) is 0 Å². The minimum absolute atomic E-state index is 0.268. The highest BCUT2D eigenvalue weighted by Gasteiger charge is 2.26. The number of benzene rings is 1. The van der Waals surface area contributed by atoms with Gasteiger partial charge in [-0.15, -0.1) is 0 Å². The molecular formula is C19H19N5O3. The number of carbonyl (C=O) groups excluding carboxylic acids is 2. The monoisotopic (exact) mass is 365 g/mol. The lowest BCUT2D eigenvalue weighted by molar-refractivity contribution is 0.102. The van der Waals surface area contributed by atoms with E-state index in [9.17, 15) is 9.59 Å². The molecule has 3 aromatic rings. The number of rotatable bonds is 6. The van der Waals surface area contributed by atoms with Gasteiger partial charge in [-0.2, -0.15) is 5.10 Å². The van der Waals surface area contributed by atoms with Crippen LogP contribution in [0.15, 0.2) is 53.1 Å². The van der Waals surface area contributed by atoms with Crippen molar-refractivity contribution < 1.29 is 14.0 Å². The molecule has 0 bridgehead atoms. The van der Waals surface area contributed by atoms with E-state index < -0.39 is 0 Å². The zero-order valence-corrected chi connectivity index (χ0v) is 14.5. The predicted octanol–water partition coefficient (Wildman–Crippen LogP) is 3.45. The molecule has 0 spiro atoms. The molecule has 8 heteroatoms. The molecule has 0 aliphatic heterocycles. The number of amides is 3. The van der Waals surface area contributed by atoms with Crippen molar-refractivity contribution in [1.82, 2.24) is 15.5 Å². The Bertz CT molecular complexity index is 927. The lowest BCUT2D eigenvalue weighted by Gasteiger charge is -2.08. The molecule has 1 fully saturated rings. The molecule has 2 heterocycles. The van der Waals surface area contributed by atoms with E-state index in [0.29, 0.717) is 35.3 Å². The van der Waals surface area contributed by atoms with Crippen LogP contribution in [0.2, 0.25) is 0 Å². The number of aromatic amines is 1. The van der Waals surface area contributed by atoms with Gasteiger partial charge in [0.2, 0.25) is 0 Å². The Kier molecular flexibility index (Phi) is 4.61. The van der Waals surface area contributed by atoms with E-state index in [-0.39, 0.29) is 11.9 Å². The topological polar surface area (TPSA) is 112 Å². The zero-order valence-electron chi connectivity index (χ0n) is 14.5. The molecule has 0 radical (unpaired) electrons. The number of aromatic nitrogens is 2. The molecule has 0 unspecified atom stereocenters. The van der Waals surface area contributed by atoms with Gasteiger partial charge in [0.25, 0.3) is 5.91 Å². The van der Waals surface area contributed by atoms with E-state index in [1.165, 1.54) is 0 Å². The Morgan fingerprint density at radius 1 is 1.11 bits per heavy atom. The van der Waals surface area contributed by atoms with Crippen LogP contribution in [0.1, 0.15) is 40.7 Å². The van der Waals surface area contributed by atoms with Crippen LogP contribution in [0, 0.1) is 0 Å². The fraction of sp³-hybridized carbons (Fsp3) is 0.211. The third-order valence-corrected chi connectivity index (χ3v) is 4.25. The molecule has 4 N–H and O–H groups in total. The number of hydrogen-bond acceptors (Lipinski definition) is 4. The second-order valence-corrected chi connectivity index (χ2v) is 6.40. The molecule has 1 aromatic carbocycles. The van der Waals surface area contributed by atoms with Crippen molar-refractivity contribution in [2.45, 2.75) is 25.3 Å². The summed E-state index contributed by atoms with van der Waals surface area (Å²) in [4.78, 5) is 24.1. The number of furan rings is 1. The quantitative estimate of drug-likeness (QED) is 0.536. The van der Waals surface area contributed by atoms with Crippen LogP contribution in [-0.2, 0) is 6.54 Å². The minimum Gasteiger partial charge on any atom is -0.467 e. The second-order valence-electron chi connectivity index (χ2n) is 6.40. The summed E-state index contributed by atoms with van der Waals surface area (Å²) < 4.78 is 5.15. The highest BCUT2D eigenvalue weighted by atomic mass is 16.3. The molecule has 0 saturated heterocycles. The predicted molar refractivity (Wildman–Crippen MR) is 99.5 cm³/mol. The van der Waals surface area contributed by atoms with Crippen molar-refractivity contribution in [3.8, 4) is 0 Å². The maximum Gasteiger partial charge on any atom is 0.319 e. The van der Waals surface area contributed by atoms with E-state index >= 15 is 0 Å². The van der Waals surface area contributed by atoms with Gasteiger partial charge in [-0.25, -0.2) is 4.79 Å². The van der Waals surface area contributed by atoms with E-state index in [2.05, 4.69) is 26.1 Å². The maximum absolute atomic E-state index is 12.2. The van der Waals surface area contributed by atoms with Gasteiger partial charge >= 0.3 is 6.03 Å². The summed E-state index contributed by atoms with van der Waals surface area (Å²) in [6.07, 6.45) is 3.84. The standard InChI is InChI=1S/C19H19N5O3/c25-18(17-10-16(23-24-17)12-3-4-12)21-13-5-7-14(8-6-13)22-19(26)20-11-15-2-1-9-27-15/h1-2,5-10,12H,3-4,11H2,(H,21,25)(H,23,24)(H2,20,22,26). The summed E-state index contributed by atoms with van der Waals surface area (Å²) in [6.45, 7) is 0.305. The molecule has 1 saturated carbocycles. The summed E-state index contributed by atoms with van der Waals surface area (Å²) in [5, 5.41) is 15.2. The van der Waals surface area contributed by atoms with Crippen LogP contribution in [0.5, 0.6) is 0 Å². The normalized spacial score (nSPS) is 13.2. The summed E-state index contributed by atoms with van der Waals surface area (Å²) in [6, 6.07) is 11.9. The SMILES string of the molecule is O=C(NCc1ccco1)Nc1ccc(NC(=O)c2cc(C3CC3)[nH]n2)cc1. The van der Waals surface area contributed by atoms with Gasteiger partial charge < -0.3 is 20.4 Å². The Morgan fingerprint density at radius 2 is 1.85 bits per heavy atom. The molecule has 1 aliphatic rings. The smallest absolute Gasteiger partial charge is 0.319 e. The van der Waals surface area contributed by atoms with E-state index in [1.54, 1.807) is 48.7 Å². The number of urea groups is 1. The molecule has 27 heavy (non-hydrogen) atoms. The van der Waals surface area contributed by atoms with Crippen molar-refractivity contribution in [2.24, 2.45) is 0 Å². The Balaban J connectivity index is 1.28. The van der Waals surface area contributed by atoms with Gasteiger partial charge in [-0.3, -0.25) is 9.89 Å². The fourth-order valence-electron chi connectivity index (χ4n) is 2.64. The lowest BCUT2D eigenvalue weighted by atomic mass is 10.2. The van der Waals surface area contributed by atoms with Crippen LogP contribution < -0.4 is 16.0 Å². The number of H-pyrrole nitrogens is 1. The molecule has 3 amide bonds. The maximum atomic E-state index is 12.2. The first-order valence-electron chi connectivity index (χ1n) is 8.71. The van der Waals surface area contributed by atoms with Gasteiger partial charge in [0, 0.05) is 23.0 Å². The van der Waals surface area contributed by atoms with E-state index in [0.717, 1.165) is 18.5 Å². The first-order valence-corrected chi connectivity index (χ1v) is 8.71. The van der Waals surface area contributed by atoms with E-state index in [1.807, 2.05) is 0 Å². The van der Waals surface area contributed by atoms with E-state index in [4.69, 9.17) is 4.42 Å². The lowest BCUT2D eigenvalue weighted by Crippen LogP contribution is -2.27. The summed E-state index contributed by atoms with van der Waals surface area (Å²) in [7, 11) is 0. The number of anilines is 2.